The van der Waals surface area contributed by atoms with Crippen LogP contribution in [0.25, 0.3) is 5.57 Å². The number of hydrogen-bond donors (Lipinski definition) is 1. The van der Waals surface area contributed by atoms with Gasteiger partial charge in [0.05, 0.1) is 17.9 Å². The largest absolute Gasteiger partial charge is 0.462 e. The molecule has 1 aliphatic rings. The number of ether oxygens (including phenoxy) is 1. The van der Waals surface area contributed by atoms with Crippen molar-refractivity contribution in [2.75, 3.05) is 6.61 Å². The van der Waals surface area contributed by atoms with E-state index in [-0.39, 0.29) is 6.61 Å². The van der Waals surface area contributed by atoms with Gasteiger partial charge in [-0.3, -0.25) is 4.72 Å². The molecule has 1 aliphatic heterocycles. The van der Waals surface area contributed by atoms with Gasteiger partial charge >= 0.3 is 16.2 Å². The van der Waals surface area contributed by atoms with E-state index < -0.39 is 16.2 Å². The van der Waals surface area contributed by atoms with Gasteiger partial charge in [-0.25, -0.2) is 4.79 Å². The van der Waals surface area contributed by atoms with Crippen molar-refractivity contribution in [3.63, 3.8) is 0 Å². The molecule has 0 unspecified atom stereocenters. The lowest BCUT2D eigenvalue weighted by Crippen LogP contribution is -2.27. The molecule has 0 aromatic heterocycles. The average Bonchev–Trinajstić information content (AvgIpc) is 2.37. The smallest absolute Gasteiger partial charge is 0.342 e. The van der Waals surface area contributed by atoms with Crippen molar-refractivity contribution in [3.05, 3.63) is 41.1 Å². The fraction of sp³-hybridized carbons (Fsp3) is 0.286. The third-order valence-corrected chi connectivity index (χ3v) is 4.05. The summed E-state index contributed by atoms with van der Waals surface area (Å²) in [4.78, 5) is 12.0. The molecule has 1 aromatic carbocycles. The van der Waals surface area contributed by atoms with E-state index in [1.807, 2.05) is 0 Å². The minimum Gasteiger partial charge on any atom is -0.462 e. The van der Waals surface area contributed by atoms with Crippen LogP contribution in [-0.2, 0) is 14.9 Å². The van der Waals surface area contributed by atoms with E-state index in [0.717, 1.165) is 0 Å². The van der Waals surface area contributed by atoms with Gasteiger partial charge in [-0.2, -0.15) is 8.42 Å². The second-order valence-corrected chi connectivity index (χ2v) is 5.86. The zero-order chi connectivity index (χ0) is 15.6. The molecular weight excluding hydrogens is 292 g/mol. The summed E-state index contributed by atoms with van der Waals surface area (Å²) in [6.45, 7) is 5.23. The van der Waals surface area contributed by atoms with Crippen molar-refractivity contribution in [2.24, 2.45) is 4.40 Å². The van der Waals surface area contributed by atoms with Crippen LogP contribution in [0.2, 0.25) is 0 Å². The van der Waals surface area contributed by atoms with Crippen molar-refractivity contribution in [3.8, 4) is 0 Å². The highest BCUT2D eigenvalue weighted by molar-refractivity contribution is 7.88. The van der Waals surface area contributed by atoms with Crippen LogP contribution in [0.1, 0.15) is 36.7 Å². The van der Waals surface area contributed by atoms with E-state index in [1.54, 1.807) is 45.0 Å². The van der Waals surface area contributed by atoms with Crippen molar-refractivity contribution < 1.29 is 17.9 Å². The Bertz CT molecular complexity index is 748. The molecule has 1 N–H and O–H groups in total. The van der Waals surface area contributed by atoms with E-state index in [4.69, 9.17) is 4.74 Å². The van der Waals surface area contributed by atoms with Gasteiger partial charge in [0.2, 0.25) is 0 Å². The second kappa shape index (κ2) is 5.69. The lowest BCUT2D eigenvalue weighted by molar-refractivity contribution is 0.0526. The summed E-state index contributed by atoms with van der Waals surface area (Å²) in [7, 11) is -3.70. The van der Waals surface area contributed by atoms with Crippen LogP contribution in [-0.4, -0.2) is 26.7 Å². The predicted molar refractivity (Wildman–Crippen MR) is 80.2 cm³/mol. The van der Waals surface area contributed by atoms with E-state index >= 15 is 0 Å². The molecule has 0 atom stereocenters. The molecule has 2 rings (SSSR count). The minimum absolute atomic E-state index is 0.269. The number of esters is 1. The molecule has 0 bridgehead atoms. The Morgan fingerprint density at radius 3 is 2.57 bits per heavy atom. The summed E-state index contributed by atoms with van der Waals surface area (Å²) >= 11 is 0. The molecule has 6 nitrogen and oxygen atoms in total. The molecule has 0 amide bonds. The van der Waals surface area contributed by atoms with Crippen molar-refractivity contribution >= 4 is 27.5 Å². The highest BCUT2D eigenvalue weighted by atomic mass is 32.2. The Kier molecular flexibility index (Phi) is 4.13. The molecule has 0 fully saturated rings. The quantitative estimate of drug-likeness (QED) is 0.864. The zero-order valence-corrected chi connectivity index (χ0v) is 12.8. The van der Waals surface area contributed by atoms with E-state index in [2.05, 4.69) is 9.12 Å². The van der Waals surface area contributed by atoms with E-state index in [0.29, 0.717) is 28.1 Å². The normalized spacial score (nSPS) is 17.0. The predicted octanol–water partition coefficient (Wildman–Crippen LogP) is 1.90. The highest BCUT2D eigenvalue weighted by Crippen LogP contribution is 2.27. The Morgan fingerprint density at radius 2 is 1.95 bits per heavy atom. The van der Waals surface area contributed by atoms with Crippen LogP contribution >= 0.6 is 0 Å². The molecule has 0 aliphatic carbocycles. The number of nitrogens with one attached hydrogen (secondary N) is 1. The Morgan fingerprint density at radius 1 is 1.29 bits per heavy atom. The SMILES string of the molecule is CCOC(=O)c1ccccc1C1=C(C)NS(=O)(=O)N=C1C. The topological polar surface area (TPSA) is 84.8 Å². The molecule has 1 heterocycles. The van der Waals surface area contributed by atoms with Gasteiger partial charge in [0.25, 0.3) is 0 Å². The third kappa shape index (κ3) is 3.13. The number of carbonyl (C=O) groups is 1. The monoisotopic (exact) mass is 308 g/mol. The summed E-state index contributed by atoms with van der Waals surface area (Å²) in [5.74, 6) is -0.449. The first kappa shape index (κ1) is 15.2. The molecular formula is C14H16N2O4S. The summed E-state index contributed by atoms with van der Waals surface area (Å²) in [5, 5.41) is 0. The molecule has 0 saturated carbocycles. The maximum Gasteiger partial charge on any atom is 0.342 e. The summed E-state index contributed by atoms with van der Waals surface area (Å²) < 4.78 is 34.1. The van der Waals surface area contributed by atoms with Gasteiger partial charge in [0.15, 0.2) is 0 Å². The van der Waals surface area contributed by atoms with Crippen molar-refractivity contribution in [2.45, 2.75) is 20.8 Å². The van der Waals surface area contributed by atoms with Gasteiger partial charge in [-0.1, -0.05) is 18.2 Å². The Balaban J connectivity index is 2.58. The fourth-order valence-electron chi connectivity index (χ4n) is 2.25. The van der Waals surface area contributed by atoms with E-state index in [1.165, 1.54) is 0 Å². The molecule has 0 spiro atoms. The second-order valence-electron chi connectivity index (χ2n) is 4.52. The lowest BCUT2D eigenvalue weighted by Gasteiger charge is -2.19. The first-order valence-corrected chi connectivity index (χ1v) is 7.87. The standard InChI is InChI=1S/C14H16N2O4S/c1-4-20-14(17)12-8-6-5-7-11(12)13-9(2)15-21(18,19)16-10(13)3/h5-8,15H,4H2,1-3H3. The molecule has 21 heavy (non-hydrogen) atoms. The summed E-state index contributed by atoms with van der Waals surface area (Å²) in [6.07, 6.45) is 0. The maximum atomic E-state index is 12.0. The fourth-order valence-corrected chi connectivity index (χ4v) is 3.24. The van der Waals surface area contributed by atoms with Crippen molar-refractivity contribution in [1.82, 2.24) is 4.72 Å². The van der Waals surface area contributed by atoms with Crippen LogP contribution in [0, 0.1) is 0 Å². The number of benzene rings is 1. The minimum atomic E-state index is -3.70. The molecule has 0 saturated heterocycles. The van der Waals surface area contributed by atoms with Gasteiger partial charge in [-0.15, -0.1) is 4.40 Å². The number of rotatable bonds is 3. The zero-order valence-electron chi connectivity index (χ0n) is 12.0. The molecule has 112 valence electrons. The first-order valence-electron chi connectivity index (χ1n) is 6.43. The van der Waals surface area contributed by atoms with Crippen LogP contribution in [0.3, 0.4) is 0 Å². The number of nitrogens with zero attached hydrogens (tertiary/aromatic N) is 1. The third-order valence-electron chi connectivity index (χ3n) is 2.97. The number of hydrogen-bond acceptors (Lipinski definition) is 4. The first-order chi connectivity index (χ1) is 9.85. The molecule has 0 radical (unpaired) electrons. The maximum absolute atomic E-state index is 12.0. The van der Waals surface area contributed by atoms with Gasteiger partial charge in [0, 0.05) is 11.3 Å². The summed E-state index contributed by atoms with van der Waals surface area (Å²) in [6, 6.07) is 6.88. The van der Waals surface area contributed by atoms with Gasteiger partial charge in [0.1, 0.15) is 0 Å². The molecule has 1 aromatic rings. The molecule has 7 heteroatoms. The summed E-state index contributed by atoms with van der Waals surface area (Å²) in [5.41, 5.74) is 2.33. The van der Waals surface area contributed by atoms with Gasteiger partial charge in [-0.05, 0) is 32.4 Å². The van der Waals surface area contributed by atoms with Crippen LogP contribution < -0.4 is 4.72 Å². The van der Waals surface area contributed by atoms with Crippen LogP contribution in [0.5, 0.6) is 0 Å². The number of carbonyl (C=O) groups excluding carboxylic acids is 1. The highest BCUT2D eigenvalue weighted by Gasteiger charge is 2.24. The van der Waals surface area contributed by atoms with Crippen molar-refractivity contribution in [1.29, 1.82) is 0 Å². The number of allylic oxidation sites excluding steroid dienone is 2. The Hall–Kier alpha value is -2.15. The Labute approximate surface area is 123 Å². The van der Waals surface area contributed by atoms with Gasteiger partial charge < -0.3 is 4.74 Å². The van der Waals surface area contributed by atoms with Crippen LogP contribution in [0.15, 0.2) is 34.4 Å². The lowest BCUT2D eigenvalue weighted by atomic mass is 9.95. The van der Waals surface area contributed by atoms with E-state index in [9.17, 15) is 13.2 Å². The van der Waals surface area contributed by atoms with Crippen LogP contribution in [0.4, 0.5) is 0 Å². The average molecular weight is 308 g/mol.